The van der Waals surface area contributed by atoms with Crippen molar-refractivity contribution in [2.45, 2.75) is 283 Å². The number of nitrogens with zero attached hydrogens (tertiary/aromatic N) is 1. The molecule has 0 heterocycles. The molecule has 72 heavy (non-hydrogen) atoms. The average Bonchev–Trinajstić information content (AvgIpc) is 3.34. The fourth-order valence-electron chi connectivity index (χ4n) is 8.51. The lowest BCUT2D eigenvalue weighted by atomic mass is 10.0. The third-order valence-corrected chi connectivity index (χ3v) is 14.2. The first-order valence-electron chi connectivity index (χ1n) is 30.1. The van der Waals surface area contributed by atoms with Crippen LogP contribution in [0.4, 0.5) is 0 Å². The number of esters is 1. The van der Waals surface area contributed by atoms with Crippen molar-refractivity contribution in [3.05, 3.63) is 60.8 Å². The van der Waals surface area contributed by atoms with E-state index in [-0.39, 0.29) is 31.3 Å². The second kappa shape index (κ2) is 52.2. The van der Waals surface area contributed by atoms with E-state index in [1.165, 1.54) is 167 Å². The second-order valence-electron chi connectivity index (χ2n) is 21.5. The van der Waals surface area contributed by atoms with Crippen molar-refractivity contribution in [2.75, 3.05) is 40.9 Å². The highest BCUT2D eigenvalue weighted by Crippen LogP contribution is 2.38. The summed E-state index contributed by atoms with van der Waals surface area (Å²) in [5.41, 5.74) is 0. The molecule has 0 radical (unpaired) electrons. The van der Waals surface area contributed by atoms with E-state index in [1.54, 1.807) is 0 Å². The van der Waals surface area contributed by atoms with E-state index >= 15 is 0 Å². The van der Waals surface area contributed by atoms with Crippen molar-refractivity contribution in [1.82, 2.24) is 5.32 Å². The number of carbonyl (C=O) groups is 2. The summed E-state index contributed by atoms with van der Waals surface area (Å²) in [6.45, 7) is 6.78. The Morgan fingerprint density at radius 2 is 0.861 bits per heavy atom. The van der Waals surface area contributed by atoms with Crippen LogP contribution in [0, 0.1) is 0 Å². The third-order valence-electron chi connectivity index (χ3n) is 13.2. The Kier molecular flexibility index (Phi) is 50.5. The summed E-state index contributed by atoms with van der Waals surface area (Å²) in [6.07, 6.45) is 64.8. The van der Waals surface area contributed by atoms with Gasteiger partial charge in [0.15, 0.2) is 0 Å². The van der Waals surface area contributed by atoms with Gasteiger partial charge in [0.2, 0.25) is 5.91 Å². The van der Waals surface area contributed by atoms with Gasteiger partial charge < -0.3 is 28.5 Å². The molecule has 0 saturated carbocycles. The summed E-state index contributed by atoms with van der Waals surface area (Å²) in [5.74, 6) is -0.600. The molecule has 9 nitrogen and oxygen atoms in total. The Bertz CT molecular complexity index is 1420. The number of unbranched alkanes of at least 4 members (excludes halogenated alkanes) is 30. The smallest absolute Gasteiger partial charge is 0.306 e. The molecule has 10 heteroatoms. The number of phosphoric acid groups is 1. The molecular formula is C62H115N2O7P. The van der Waals surface area contributed by atoms with Crippen molar-refractivity contribution in [1.29, 1.82) is 0 Å². The average molecular weight is 1030 g/mol. The lowest BCUT2D eigenvalue weighted by Gasteiger charge is -2.30. The molecule has 3 atom stereocenters. The number of phosphoric ester groups is 1. The minimum absolute atomic E-state index is 0.0324. The van der Waals surface area contributed by atoms with E-state index in [9.17, 15) is 19.0 Å². The van der Waals surface area contributed by atoms with Gasteiger partial charge in [0.05, 0.1) is 33.8 Å². The molecule has 420 valence electrons. The van der Waals surface area contributed by atoms with Crippen LogP contribution in [0.25, 0.3) is 0 Å². The van der Waals surface area contributed by atoms with E-state index in [1.807, 2.05) is 33.3 Å². The van der Waals surface area contributed by atoms with Gasteiger partial charge in [-0.2, -0.15) is 0 Å². The molecule has 0 fully saturated rings. The summed E-state index contributed by atoms with van der Waals surface area (Å²) < 4.78 is 30.2. The lowest BCUT2D eigenvalue weighted by Crippen LogP contribution is -2.47. The van der Waals surface area contributed by atoms with Gasteiger partial charge in [-0.15, -0.1) is 0 Å². The van der Waals surface area contributed by atoms with Gasteiger partial charge in [-0.05, 0) is 70.3 Å². The van der Waals surface area contributed by atoms with Crippen LogP contribution in [-0.4, -0.2) is 69.4 Å². The predicted molar refractivity (Wildman–Crippen MR) is 307 cm³/mol. The number of nitrogens with one attached hydrogen (secondary N) is 1. The number of amides is 1. The maximum absolute atomic E-state index is 13.5. The predicted octanol–water partition coefficient (Wildman–Crippen LogP) is 17.6. The zero-order valence-electron chi connectivity index (χ0n) is 47.9. The van der Waals surface area contributed by atoms with Gasteiger partial charge in [0.1, 0.15) is 19.3 Å². The quantitative estimate of drug-likeness (QED) is 0.0212. The van der Waals surface area contributed by atoms with Crippen LogP contribution in [0.3, 0.4) is 0 Å². The van der Waals surface area contributed by atoms with Crippen LogP contribution in [-0.2, 0) is 27.9 Å². The molecule has 0 rings (SSSR count). The third kappa shape index (κ3) is 52.6. The fourth-order valence-corrected chi connectivity index (χ4v) is 9.24. The van der Waals surface area contributed by atoms with Gasteiger partial charge in [-0.3, -0.25) is 14.2 Å². The van der Waals surface area contributed by atoms with Crippen molar-refractivity contribution < 1.29 is 37.3 Å². The zero-order valence-corrected chi connectivity index (χ0v) is 48.8. The number of carbonyl (C=O) groups excluding carboxylic acids is 2. The summed E-state index contributed by atoms with van der Waals surface area (Å²) in [6, 6.07) is -0.915. The molecule has 1 amide bonds. The molecule has 0 aromatic heterocycles. The van der Waals surface area contributed by atoms with Gasteiger partial charge >= 0.3 is 5.97 Å². The highest BCUT2D eigenvalue weighted by molar-refractivity contribution is 7.45. The monoisotopic (exact) mass is 1030 g/mol. The Morgan fingerprint density at radius 1 is 0.486 bits per heavy atom. The highest BCUT2D eigenvalue weighted by atomic mass is 31.2. The van der Waals surface area contributed by atoms with Crippen LogP contribution in [0.15, 0.2) is 60.8 Å². The number of hydrogen-bond donors (Lipinski definition) is 1. The zero-order chi connectivity index (χ0) is 52.9. The van der Waals surface area contributed by atoms with E-state index in [0.717, 1.165) is 64.2 Å². The Morgan fingerprint density at radius 3 is 1.32 bits per heavy atom. The first-order chi connectivity index (χ1) is 34.9. The van der Waals surface area contributed by atoms with Crippen molar-refractivity contribution in [2.24, 2.45) is 0 Å². The fraction of sp³-hybridized carbons (Fsp3) is 0.806. The molecule has 0 aromatic carbocycles. The van der Waals surface area contributed by atoms with Crippen molar-refractivity contribution in [3.63, 3.8) is 0 Å². The Balaban J connectivity index is 5.37. The second-order valence-corrected chi connectivity index (χ2v) is 22.9. The van der Waals surface area contributed by atoms with Gasteiger partial charge in [-0.1, -0.05) is 249 Å². The topological polar surface area (TPSA) is 114 Å². The first-order valence-corrected chi connectivity index (χ1v) is 31.6. The number of rotatable bonds is 54. The van der Waals surface area contributed by atoms with E-state index in [4.69, 9.17) is 13.8 Å². The SMILES string of the molecule is CCCCC/C=C\C/C=C\C/C=C\C/C=C\CCCC(=O)NC(COP(=O)([O-])OCC[N+](C)(C)C)C(/C=C/CCCCCCCCCCCC)OC(=O)CCCCCCCCCCCCCCCCCCC. The van der Waals surface area contributed by atoms with Crippen LogP contribution in [0.2, 0.25) is 0 Å². The largest absolute Gasteiger partial charge is 0.756 e. The van der Waals surface area contributed by atoms with Gasteiger partial charge in [-0.25, -0.2) is 0 Å². The van der Waals surface area contributed by atoms with Crippen molar-refractivity contribution in [3.8, 4) is 0 Å². The number of allylic oxidation sites excluding steroid dienone is 9. The number of hydrogen-bond acceptors (Lipinski definition) is 7. The molecule has 3 unspecified atom stereocenters. The van der Waals surface area contributed by atoms with Gasteiger partial charge in [0.25, 0.3) is 7.82 Å². The molecule has 1 N–H and O–H groups in total. The van der Waals surface area contributed by atoms with E-state index < -0.39 is 26.6 Å². The van der Waals surface area contributed by atoms with Crippen LogP contribution < -0.4 is 10.2 Å². The summed E-state index contributed by atoms with van der Waals surface area (Å²) in [7, 11) is 1.15. The Hall–Kier alpha value is -2.29. The van der Waals surface area contributed by atoms with Crippen molar-refractivity contribution >= 4 is 19.7 Å². The number of ether oxygens (including phenoxy) is 1. The van der Waals surface area contributed by atoms with E-state index in [0.29, 0.717) is 17.4 Å². The van der Waals surface area contributed by atoms with Gasteiger partial charge in [0, 0.05) is 12.8 Å². The maximum atomic E-state index is 13.5. The molecule has 0 aliphatic heterocycles. The number of likely N-dealkylation sites (N-methyl/N-ethyl adjacent to an activating group) is 1. The lowest BCUT2D eigenvalue weighted by molar-refractivity contribution is -0.870. The maximum Gasteiger partial charge on any atom is 0.306 e. The normalized spacial score (nSPS) is 14.2. The molecule has 0 bridgehead atoms. The highest BCUT2D eigenvalue weighted by Gasteiger charge is 2.27. The van der Waals surface area contributed by atoms with E-state index in [2.05, 4.69) is 74.7 Å². The molecule has 0 saturated heterocycles. The molecule has 0 aliphatic carbocycles. The van der Waals surface area contributed by atoms with Crippen LogP contribution in [0.5, 0.6) is 0 Å². The summed E-state index contributed by atoms with van der Waals surface area (Å²) in [5, 5.41) is 2.99. The number of quaternary nitrogens is 1. The molecule has 0 aromatic rings. The van der Waals surface area contributed by atoms with Crippen LogP contribution >= 0.6 is 7.82 Å². The first kappa shape index (κ1) is 69.7. The molecule has 0 spiro atoms. The minimum atomic E-state index is -4.71. The Labute approximate surface area is 445 Å². The standard InChI is InChI=1S/C62H115N2O7P/c1-7-10-13-16-19-22-25-28-30-32-34-36-39-42-45-48-51-54-61(65)63-59(58-70-72(67,68)69-57-56-64(4,5)6)60(53-50-47-44-41-38-27-24-21-18-15-12-9-3)71-62(66)55-52-49-46-43-40-37-35-33-31-29-26-23-20-17-14-11-8-2/h19,22,28,30,34,36,42,45,50,53,59-60H,7-18,20-21,23-27,29,31-33,35,37-41,43-44,46-49,51-52,54-58H2,1-6H3,(H-,63,65,67,68)/b22-19-,30-28-,36-34-,45-42-,53-50+. The van der Waals surface area contributed by atoms with Crippen LogP contribution in [0.1, 0.15) is 271 Å². The minimum Gasteiger partial charge on any atom is -0.756 e. The summed E-state index contributed by atoms with van der Waals surface area (Å²) >= 11 is 0. The molecule has 0 aliphatic rings. The summed E-state index contributed by atoms with van der Waals surface area (Å²) in [4.78, 5) is 39.9. The molecular weight excluding hydrogens is 916 g/mol.